The van der Waals surface area contributed by atoms with Gasteiger partial charge in [0.1, 0.15) is 16.5 Å². The van der Waals surface area contributed by atoms with E-state index >= 15 is 0 Å². The number of rotatable bonds is 5. The minimum atomic E-state index is -3.91. The molecule has 0 fully saturated rings. The molecule has 1 aliphatic rings. The van der Waals surface area contributed by atoms with Gasteiger partial charge in [0, 0.05) is 41.8 Å². The standard InChI is InChI=1S/C27H24F2N2O2S/c1-19-27(21-14-16-30(17-15-21)34(32,33)26-9-5-3-7-24(26)29)23-6-2-4-8-25(23)31(19)18-20-10-12-22(28)13-11-20/h2-14H,15-18H2,1H3. The van der Waals surface area contributed by atoms with Gasteiger partial charge in [0.25, 0.3) is 0 Å². The molecule has 0 aliphatic carbocycles. The zero-order chi connectivity index (χ0) is 23.9. The summed E-state index contributed by atoms with van der Waals surface area (Å²) in [6.07, 6.45) is 2.46. The SMILES string of the molecule is Cc1c(C2=CCN(S(=O)(=O)c3ccccc3F)CC2)c2ccccc2n1Cc1ccc(F)cc1. The van der Waals surface area contributed by atoms with Crippen molar-refractivity contribution in [3.05, 3.63) is 107 Å². The van der Waals surface area contributed by atoms with Crippen LogP contribution in [0.3, 0.4) is 0 Å². The monoisotopic (exact) mass is 478 g/mol. The van der Waals surface area contributed by atoms with Crippen LogP contribution in [0.25, 0.3) is 16.5 Å². The summed E-state index contributed by atoms with van der Waals surface area (Å²) in [4.78, 5) is -0.293. The molecule has 0 saturated carbocycles. The van der Waals surface area contributed by atoms with Gasteiger partial charge in [-0.15, -0.1) is 0 Å². The van der Waals surface area contributed by atoms with Gasteiger partial charge in [0.05, 0.1) is 0 Å². The molecule has 0 bridgehead atoms. The fraction of sp³-hybridized carbons (Fsp3) is 0.185. The van der Waals surface area contributed by atoms with Crippen molar-refractivity contribution >= 4 is 26.5 Å². The van der Waals surface area contributed by atoms with E-state index in [0.717, 1.165) is 39.4 Å². The van der Waals surface area contributed by atoms with Crippen molar-refractivity contribution in [3.63, 3.8) is 0 Å². The zero-order valence-corrected chi connectivity index (χ0v) is 19.5. The average Bonchev–Trinajstić information content (AvgIpc) is 3.12. The molecule has 0 unspecified atom stereocenters. The summed E-state index contributed by atoms with van der Waals surface area (Å²) in [5.74, 6) is -1.00. The van der Waals surface area contributed by atoms with Gasteiger partial charge in [-0.3, -0.25) is 0 Å². The summed E-state index contributed by atoms with van der Waals surface area (Å²) in [7, 11) is -3.91. The van der Waals surface area contributed by atoms with Crippen molar-refractivity contribution in [2.24, 2.45) is 0 Å². The van der Waals surface area contributed by atoms with Crippen LogP contribution in [0.15, 0.2) is 83.8 Å². The van der Waals surface area contributed by atoms with E-state index in [0.29, 0.717) is 13.0 Å². The lowest BCUT2D eigenvalue weighted by Gasteiger charge is -2.26. The quantitative estimate of drug-likeness (QED) is 0.366. The first-order valence-electron chi connectivity index (χ1n) is 11.1. The maximum Gasteiger partial charge on any atom is 0.246 e. The summed E-state index contributed by atoms with van der Waals surface area (Å²) in [5.41, 5.74) is 5.31. The largest absolute Gasteiger partial charge is 0.340 e. The highest BCUT2D eigenvalue weighted by Gasteiger charge is 2.29. The summed E-state index contributed by atoms with van der Waals surface area (Å²) in [6, 6.07) is 20.1. The molecule has 174 valence electrons. The Hall–Kier alpha value is -3.29. The Morgan fingerprint density at radius 2 is 1.62 bits per heavy atom. The molecule has 0 spiro atoms. The predicted octanol–water partition coefficient (Wildman–Crippen LogP) is 5.75. The highest BCUT2D eigenvalue weighted by molar-refractivity contribution is 7.89. The molecule has 1 aliphatic heterocycles. The van der Waals surface area contributed by atoms with Crippen molar-refractivity contribution in [3.8, 4) is 0 Å². The number of hydrogen-bond acceptors (Lipinski definition) is 2. The molecule has 4 aromatic rings. The van der Waals surface area contributed by atoms with Crippen LogP contribution in [-0.2, 0) is 16.6 Å². The number of halogens is 2. The second-order valence-electron chi connectivity index (χ2n) is 8.46. The lowest BCUT2D eigenvalue weighted by atomic mass is 9.97. The molecule has 34 heavy (non-hydrogen) atoms. The number of sulfonamides is 1. The summed E-state index contributed by atoms with van der Waals surface area (Å²) in [5, 5.41) is 1.10. The van der Waals surface area contributed by atoms with E-state index in [2.05, 4.69) is 23.6 Å². The highest BCUT2D eigenvalue weighted by Crippen LogP contribution is 2.36. The molecular formula is C27H24F2N2O2S. The molecule has 0 radical (unpaired) electrons. The Kier molecular flexibility index (Phi) is 5.83. The molecule has 0 saturated heterocycles. The molecule has 1 aromatic heterocycles. The normalized spacial score (nSPS) is 15.0. The van der Waals surface area contributed by atoms with Crippen LogP contribution in [0.1, 0.15) is 23.2 Å². The minimum absolute atomic E-state index is 0.183. The third-order valence-electron chi connectivity index (χ3n) is 6.43. The van der Waals surface area contributed by atoms with Crippen LogP contribution in [0, 0.1) is 18.6 Å². The van der Waals surface area contributed by atoms with Crippen molar-refractivity contribution in [2.45, 2.75) is 24.8 Å². The Balaban J connectivity index is 1.50. The van der Waals surface area contributed by atoms with E-state index < -0.39 is 15.8 Å². The van der Waals surface area contributed by atoms with Crippen molar-refractivity contribution in [1.29, 1.82) is 0 Å². The maximum atomic E-state index is 14.2. The first-order chi connectivity index (χ1) is 16.4. The van der Waals surface area contributed by atoms with Gasteiger partial charge >= 0.3 is 0 Å². The molecule has 5 rings (SSSR count). The van der Waals surface area contributed by atoms with Crippen LogP contribution in [0.4, 0.5) is 8.78 Å². The Bertz CT molecular complexity index is 1510. The average molecular weight is 479 g/mol. The van der Waals surface area contributed by atoms with Gasteiger partial charge in [-0.05, 0) is 54.8 Å². The van der Waals surface area contributed by atoms with Crippen LogP contribution in [-0.4, -0.2) is 30.4 Å². The smallest absolute Gasteiger partial charge is 0.246 e. The van der Waals surface area contributed by atoms with Crippen LogP contribution in [0.2, 0.25) is 0 Å². The third-order valence-corrected chi connectivity index (χ3v) is 8.33. The molecular weight excluding hydrogens is 454 g/mol. The Labute approximate surface area is 197 Å². The number of para-hydroxylation sites is 1. The summed E-state index contributed by atoms with van der Waals surface area (Å²) >= 11 is 0. The van der Waals surface area contributed by atoms with Crippen molar-refractivity contribution in [1.82, 2.24) is 8.87 Å². The van der Waals surface area contributed by atoms with Gasteiger partial charge in [-0.2, -0.15) is 4.31 Å². The van der Waals surface area contributed by atoms with Crippen LogP contribution >= 0.6 is 0 Å². The fourth-order valence-electron chi connectivity index (χ4n) is 4.70. The van der Waals surface area contributed by atoms with Gasteiger partial charge in [0.15, 0.2) is 0 Å². The van der Waals surface area contributed by atoms with E-state index in [9.17, 15) is 17.2 Å². The van der Waals surface area contributed by atoms with E-state index in [1.54, 1.807) is 12.1 Å². The minimum Gasteiger partial charge on any atom is -0.340 e. The molecule has 7 heteroatoms. The van der Waals surface area contributed by atoms with E-state index in [1.165, 1.54) is 34.6 Å². The lowest BCUT2D eigenvalue weighted by Crippen LogP contribution is -2.35. The number of aromatic nitrogens is 1. The van der Waals surface area contributed by atoms with E-state index in [-0.39, 0.29) is 23.8 Å². The van der Waals surface area contributed by atoms with Crippen molar-refractivity contribution in [2.75, 3.05) is 13.1 Å². The number of fused-ring (bicyclic) bond motifs is 1. The van der Waals surface area contributed by atoms with E-state index in [4.69, 9.17) is 0 Å². The van der Waals surface area contributed by atoms with E-state index in [1.807, 2.05) is 18.2 Å². The topological polar surface area (TPSA) is 42.3 Å². The first kappa shape index (κ1) is 22.5. The van der Waals surface area contributed by atoms with Gasteiger partial charge in [-0.25, -0.2) is 17.2 Å². The summed E-state index contributed by atoms with van der Waals surface area (Å²) in [6.45, 7) is 3.12. The second-order valence-corrected chi connectivity index (χ2v) is 10.4. The second kappa shape index (κ2) is 8.81. The molecule has 3 aromatic carbocycles. The third kappa shape index (κ3) is 3.95. The lowest BCUT2D eigenvalue weighted by molar-refractivity contribution is 0.436. The van der Waals surface area contributed by atoms with Crippen LogP contribution in [0.5, 0.6) is 0 Å². The number of nitrogens with zero attached hydrogens (tertiary/aromatic N) is 2. The van der Waals surface area contributed by atoms with Gasteiger partial charge in [0.2, 0.25) is 10.0 Å². The fourth-order valence-corrected chi connectivity index (χ4v) is 6.15. The Morgan fingerprint density at radius 1 is 0.912 bits per heavy atom. The first-order valence-corrected chi connectivity index (χ1v) is 12.6. The molecule has 0 N–H and O–H groups in total. The summed E-state index contributed by atoms with van der Waals surface area (Å²) < 4.78 is 57.0. The predicted molar refractivity (Wildman–Crippen MR) is 130 cm³/mol. The number of benzene rings is 3. The zero-order valence-electron chi connectivity index (χ0n) is 18.7. The molecule has 2 heterocycles. The van der Waals surface area contributed by atoms with Crippen LogP contribution < -0.4 is 0 Å². The highest BCUT2D eigenvalue weighted by atomic mass is 32.2. The molecule has 0 amide bonds. The molecule has 4 nitrogen and oxygen atoms in total. The maximum absolute atomic E-state index is 14.2. The van der Waals surface area contributed by atoms with Gasteiger partial charge in [-0.1, -0.05) is 48.5 Å². The number of hydrogen-bond donors (Lipinski definition) is 0. The van der Waals surface area contributed by atoms with Crippen molar-refractivity contribution < 1.29 is 17.2 Å². The Morgan fingerprint density at radius 3 is 2.32 bits per heavy atom. The molecule has 0 atom stereocenters. The van der Waals surface area contributed by atoms with Gasteiger partial charge < -0.3 is 4.57 Å².